The molecule has 232 valence electrons. The Bertz CT molecular complexity index is 2220. The first-order chi connectivity index (χ1) is 21.7. The summed E-state index contributed by atoms with van der Waals surface area (Å²) in [6, 6.07) is 34.3. The van der Waals surface area contributed by atoms with Gasteiger partial charge in [-0.05, 0) is 85.1 Å². The van der Waals surface area contributed by atoms with Gasteiger partial charge in [-0.15, -0.1) is 35.7 Å². The molecule has 5 nitrogen and oxygen atoms in total. The van der Waals surface area contributed by atoms with Crippen LogP contribution in [0.5, 0.6) is 11.5 Å². The average Bonchev–Trinajstić information content (AvgIpc) is 3.51. The zero-order valence-corrected chi connectivity index (χ0v) is 28.7. The molecule has 4 aromatic carbocycles. The number of fused-ring (bicyclic) bond motifs is 3. The van der Waals surface area contributed by atoms with Crippen LogP contribution in [-0.4, -0.2) is 19.3 Å². The van der Waals surface area contributed by atoms with Crippen molar-refractivity contribution in [2.45, 2.75) is 54.4 Å². The second kappa shape index (κ2) is 12.4. The molecule has 0 aliphatic heterocycles. The number of pyridine rings is 1. The van der Waals surface area contributed by atoms with Crippen LogP contribution in [0, 0.1) is 46.8 Å². The van der Waals surface area contributed by atoms with Gasteiger partial charge in [0.15, 0.2) is 0 Å². The molecule has 7 aromatic rings. The van der Waals surface area contributed by atoms with E-state index in [4.69, 9.17) is 14.8 Å². The second-order valence-corrected chi connectivity index (χ2v) is 12.3. The van der Waals surface area contributed by atoms with Crippen molar-refractivity contribution in [2.24, 2.45) is 0 Å². The molecule has 0 N–H and O–H groups in total. The van der Waals surface area contributed by atoms with E-state index >= 15 is 0 Å². The number of benzene rings is 4. The number of aromatic nitrogens is 4. The van der Waals surface area contributed by atoms with Crippen LogP contribution in [0.2, 0.25) is 0 Å². The minimum absolute atomic E-state index is 0. The smallest absolute Gasteiger partial charge is 0.509 e. The van der Waals surface area contributed by atoms with E-state index in [-0.39, 0.29) is 26.3 Å². The van der Waals surface area contributed by atoms with Gasteiger partial charge in [0.25, 0.3) is 0 Å². The van der Waals surface area contributed by atoms with Crippen molar-refractivity contribution in [3.8, 4) is 34.1 Å². The maximum Gasteiger partial charge on any atom is 2.00 e. The third-order valence-corrected chi connectivity index (χ3v) is 8.48. The fourth-order valence-electron chi connectivity index (χ4n) is 6.54. The van der Waals surface area contributed by atoms with Gasteiger partial charge in [-0.3, -0.25) is 4.68 Å². The van der Waals surface area contributed by atoms with Gasteiger partial charge in [0.1, 0.15) is 5.82 Å². The Balaban J connectivity index is 0.00000372. The molecule has 0 spiro atoms. The maximum atomic E-state index is 6.51. The van der Waals surface area contributed by atoms with Crippen LogP contribution in [0.25, 0.3) is 44.4 Å². The Morgan fingerprint density at radius 2 is 1.48 bits per heavy atom. The SMILES string of the molecule is Cc1cc(Oc2[c-]c3c(cc2)c2ccccc2n3-c2cc(C)ccn2)[c-]c(-n2nc(C)c(-c3c(C)cccc3C)c2C(C)C)c1.[Pd+2]. The van der Waals surface area contributed by atoms with E-state index < -0.39 is 0 Å². The molecule has 6 heteroatoms. The molecular weight excluding hydrogens is 659 g/mol. The molecule has 0 atom stereocenters. The first-order valence-electron chi connectivity index (χ1n) is 15.5. The van der Waals surface area contributed by atoms with E-state index in [1.165, 1.54) is 27.9 Å². The van der Waals surface area contributed by atoms with Gasteiger partial charge in [0.2, 0.25) is 0 Å². The Morgan fingerprint density at radius 1 is 0.717 bits per heavy atom. The number of nitrogens with zero attached hydrogens (tertiary/aromatic N) is 4. The van der Waals surface area contributed by atoms with Crippen molar-refractivity contribution in [3.63, 3.8) is 0 Å². The molecular formula is C40H36N4OPd. The van der Waals surface area contributed by atoms with Gasteiger partial charge in [-0.25, -0.2) is 4.98 Å². The summed E-state index contributed by atoms with van der Waals surface area (Å²) in [5, 5.41) is 7.33. The van der Waals surface area contributed by atoms with Crippen molar-refractivity contribution >= 4 is 21.8 Å². The summed E-state index contributed by atoms with van der Waals surface area (Å²) in [5.74, 6) is 2.33. The largest absolute Gasteiger partial charge is 2.00 e. The summed E-state index contributed by atoms with van der Waals surface area (Å²) >= 11 is 0. The average molecular weight is 695 g/mol. The number of ether oxygens (including phenoxy) is 1. The van der Waals surface area contributed by atoms with Gasteiger partial charge < -0.3 is 9.30 Å². The van der Waals surface area contributed by atoms with Gasteiger partial charge in [-0.2, -0.15) is 16.7 Å². The monoisotopic (exact) mass is 694 g/mol. The third-order valence-electron chi connectivity index (χ3n) is 8.48. The van der Waals surface area contributed by atoms with Gasteiger partial charge >= 0.3 is 20.4 Å². The second-order valence-electron chi connectivity index (χ2n) is 12.3. The van der Waals surface area contributed by atoms with Gasteiger partial charge in [-0.1, -0.05) is 62.7 Å². The van der Waals surface area contributed by atoms with Crippen molar-refractivity contribution < 1.29 is 25.2 Å². The Morgan fingerprint density at radius 3 is 2.22 bits per heavy atom. The van der Waals surface area contributed by atoms with Gasteiger partial charge in [0.05, 0.1) is 11.4 Å². The van der Waals surface area contributed by atoms with Crippen molar-refractivity contribution in [2.75, 3.05) is 0 Å². The van der Waals surface area contributed by atoms with Crippen molar-refractivity contribution in [1.82, 2.24) is 19.3 Å². The fraction of sp³-hybridized carbons (Fsp3) is 0.200. The van der Waals surface area contributed by atoms with E-state index in [0.717, 1.165) is 50.1 Å². The molecule has 0 radical (unpaired) electrons. The minimum Gasteiger partial charge on any atom is -0.509 e. The predicted molar refractivity (Wildman–Crippen MR) is 183 cm³/mol. The van der Waals surface area contributed by atoms with Crippen molar-refractivity contribution in [1.29, 1.82) is 0 Å². The van der Waals surface area contributed by atoms with Crippen molar-refractivity contribution in [3.05, 3.63) is 131 Å². The summed E-state index contributed by atoms with van der Waals surface area (Å²) in [4.78, 5) is 4.70. The first kappa shape index (κ1) is 31.5. The Hall–Kier alpha value is -4.50. The van der Waals surface area contributed by atoms with Crippen LogP contribution in [0.15, 0.2) is 85.1 Å². The van der Waals surface area contributed by atoms with Crippen LogP contribution < -0.4 is 4.74 Å². The molecule has 46 heavy (non-hydrogen) atoms. The molecule has 0 amide bonds. The Kier molecular flexibility index (Phi) is 8.46. The zero-order valence-electron chi connectivity index (χ0n) is 27.2. The quantitative estimate of drug-likeness (QED) is 0.129. The summed E-state index contributed by atoms with van der Waals surface area (Å²) in [6.07, 6.45) is 1.85. The standard InChI is InChI=1S/C40H36N4O.Pd/c1-24(2)40-39(38-27(5)11-10-12-28(38)6)29(7)42-44(40)30-19-26(4)20-32(22-30)45-31-15-16-34-33-13-8-9-14-35(33)43(36(34)23-31)37-21-25(3)17-18-41-37;/h8-21,24H,1-7H3;/q-2;+2. The molecule has 0 aliphatic carbocycles. The van der Waals surface area contributed by atoms with E-state index in [9.17, 15) is 0 Å². The van der Waals surface area contributed by atoms with Crippen LogP contribution in [-0.2, 0) is 20.4 Å². The molecule has 0 unspecified atom stereocenters. The number of hydrogen-bond donors (Lipinski definition) is 0. The number of rotatable bonds is 6. The van der Waals surface area contributed by atoms with Crippen LogP contribution in [0.4, 0.5) is 0 Å². The van der Waals surface area contributed by atoms with Crippen LogP contribution in [0.3, 0.4) is 0 Å². The maximum absolute atomic E-state index is 6.51. The number of aryl methyl sites for hydroxylation is 5. The molecule has 0 fully saturated rings. The third kappa shape index (κ3) is 5.47. The zero-order chi connectivity index (χ0) is 31.4. The topological polar surface area (TPSA) is 44.9 Å². The van der Waals surface area contributed by atoms with Gasteiger partial charge in [0, 0.05) is 28.8 Å². The number of hydrogen-bond acceptors (Lipinski definition) is 3. The summed E-state index contributed by atoms with van der Waals surface area (Å²) < 4.78 is 10.7. The number of para-hydroxylation sites is 1. The van der Waals surface area contributed by atoms with E-state index in [1.807, 2.05) is 24.4 Å². The first-order valence-corrected chi connectivity index (χ1v) is 15.5. The molecule has 7 rings (SSSR count). The van der Waals surface area contributed by atoms with E-state index in [1.54, 1.807) is 0 Å². The fourth-order valence-corrected chi connectivity index (χ4v) is 6.54. The van der Waals surface area contributed by atoms with E-state index in [0.29, 0.717) is 11.5 Å². The molecule has 3 heterocycles. The normalized spacial score (nSPS) is 11.4. The van der Waals surface area contributed by atoms with E-state index in [2.05, 4.69) is 131 Å². The molecule has 0 saturated carbocycles. The predicted octanol–water partition coefficient (Wildman–Crippen LogP) is 10.1. The van der Waals surface area contributed by atoms with Crippen LogP contribution >= 0.6 is 0 Å². The minimum atomic E-state index is 0. The summed E-state index contributed by atoms with van der Waals surface area (Å²) in [5.41, 5.74) is 12.2. The molecule has 0 bridgehead atoms. The molecule has 0 saturated heterocycles. The Labute approximate surface area is 284 Å². The summed E-state index contributed by atoms with van der Waals surface area (Å²) in [6.45, 7) is 15.1. The van der Waals surface area contributed by atoms with Crippen LogP contribution in [0.1, 0.15) is 53.4 Å². The molecule has 0 aliphatic rings. The molecule has 3 aromatic heterocycles. The summed E-state index contributed by atoms with van der Waals surface area (Å²) in [7, 11) is 0.